The van der Waals surface area contributed by atoms with E-state index in [0.29, 0.717) is 19.1 Å². The van der Waals surface area contributed by atoms with Crippen LogP contribution in [0.4, 0.5) is 5.69 Å². The van der Waals surface area contributed by atoms with Gasteiger partial charge in [0.05, 0.1) is 13.7 Å². The van der Waals surface area contributed by atoms with E-state index in [1.54, 1.807) is 7.11 Å². The van der Waals surface area contributed by atoms with Crippen LogP contribution in [0.2, 0.25) is 0 Å². The maximum absolute atomic E-state index is 5.82. The topological polar surface area (TPSA) is 68.9 Å². The Hall–Kier alpha value is -2.69. The molecule has 2 rings (SSSR count). The minimum Gasteiger partial charge on any atom is -0.497 e. The van der Waals surface area contributed by atoms with Crippen molar-refractivity contribution in [1.29, 1.82) is 0 Å². The molecule has 0 aliphatic heterocycles. The molecule has 0 aliphatic carbocycles. The zero-order chi connectivity index (χ0) is 15.6. The lowest BCUT2D eigenvalue weighted by Crippen LogP contribution is -2.23. The number of benzene rings is 2. The molecule has 0 bridgehead atoms. The van der Waals surface area contributed by atoms with Crippen LogP contribution >= 0.6 is 0 Å². The summed E-state index contributed by atoms with van der Waals surface area (Å²) in [7, 11) is 1.64. The van der Waals surface area contributed by atoms with Crippen molar-refractivity contribution in [3.63, 3.8) is 0 Å². The van der Waals surface area contributed by atoms with Crippen molar-refractivity contribution in [3.05, 3.63) is 54.6 Å². The lowest BCUT2D eigenvalue weighted by molar-refractivity contribution is 0.313. The molecule has 22 heavy (non-hydrogen) atoms. The van der Waals surface area contributed by atoms with E-state index in [2.05, 4.69) is 10.3 Å². The number of methoxy groups -OCH3 is 1. The Bertz CT molecular complexity index is 583. The second-order valence-corrected chi connectivity index (χ2v) is 4.64. The number of hydrogen-bond donors (Lipinski definition) is 2. The maximum atomic E-state index is 5.82. The number of ether oxygens (including phenoxy) is 2. The molecule has 0 unspecified atom stereocenters. The van der Waals surface area contributed by atoms with Crippen LogP contribution in [0.1, 0.15) is 6.42 Å². The zero-order valence-corrected chi connectivity index (χ0v) is 12.7. The molecule has 5 nitrogen and oxygen atoms in total. The molecule has 3 N–H and O–H groups in total. The van der Waals surface area contributed by atoms with Gasteiger partial charge in [-0.1, -0.05) is 18.2 Å². The van der Waals surface area contributed by atoms with Crippen LogP contribution in [0.25, 0.3) is 0 Å². The average molecular weight is 299 g/mol. The minimum absolute atomic E-state index is 0.413. The van der Waals surface area contributed by atoms with E-state index < -0.39 is 0 Å². The van der Waals surface area contributed by atoms with Crippen LogP contribution in [0.5, 0.6) is 11.5 Å². The fourth-order valence-electron chi connectivity index (χ4n) is 1.83. The highest BCUT2D eigenvalue weighted by Gasteiger charge is 1.96. The lowest BCUT2D eigenvalue weighted by Gasteiger charge is -2.07. The number of anilines is 1. The minimum atomic E-state index is 0.413. The van der Waals surface area contributed by atoms with Gasteiger partial charge in [-0.15, -0.1) is 0 Å². The van der Waals surface area contributed by atoms with E-state index in [1.807, 2.05) is 54.6 Å². The van der Waals surface area contributed by atoms with Crippen molar-refractivity contribution in [2.75, 3.05) is 25.6 Å². The molecule has 0 aliphatic rings. The number of para-hydroxylation sites is 1. The first-order chi connectivity index (χ1) is 10.8. The van der Waals surface area contributed by atoms with Crippen molar-refractivity contribution < 1.29 is 9.47 Å². The summed E-state index contributed by atoms with van der Waals surface area (Å²) in [6.45, 7) is 1.20. The van der Waals surface area contributed by atoms with Gasteiger partial charge in [0.15, 0.2) is 5.96 Å². The monoisotopic (exact) mass is 299 g/mol. The van der Waals surface area contributed by atoms with Gasteiger partial charge in [-0.2, -0.15) is 0 Å². The van der Waals surface area contributed by atoms with Gasteiger partial charge < -0.3 is 20.5 Å². The second kappa shape index (κ2) is 8.56. The highest BCUT2D eigenvalue weighted by atomic mass is 16.5. The first-order valence-corrected chi connectivity index (χ1v) is 7.17. The summed E-state index contributed by atoms with van der Waals surface area (Å²) >= 11 is 0. The Balaban J connectivity index is 1.66. The third-order valence-corrected chi connectivity index (χ3v) is 2.96. The molecule has 0 saturated carbocycles. The van der Waals surface area contributed by atoms with Gasteiger partial charge in [0.25, 0.3) is 0 Å². The van der Waals surface area contributed by atoms with Gasteiger partial charge in [0.2, 0.25) is 0 Å². The summed E-state index contributed by atoms with van der Waals surface area (Å²) in [4.78, 5) is 4.26. The number of nitrogens with two attached hydrogens (primary N) is 1. The Morgan fingerprint density at radius 1 is 1.05 bits per heavy atom. The van der Waals surface area contributed by atoms with Gasteiger partial charge >= 0.3 is 0 Å². The smallest absolute Gasteiger partial charge is 0.193 e. The van der Waals surface area contributed by atoms with E-state index in [0.717, 1.165) is 23.6 Å². The summed E-state index contributed by atoms with van der Waals surface area (Å²) in [6.07, 6.45) is 0.795. The number of hydrogen-bond acceptors (Lipinski definition) is 3. The predicted octanol–water partition coefficient (Wildman–Crippen LogP) is 2.89. The maximum Gasteiger partial charge on any atom is 0.193 e. The van der Waals surface area contributed by atoms with E-state index in [4.69, 9.17) is 15.2 Å². The van der Waals surface area contributed by atoms with E-state index >= 15 is 0 Å². The molecular formula is C17H21N3O2. The number of guanidine groups is 1. The lowest BCUT2D eigenvalue weighted by atomic mass is 10.3. The van der Waals surface area contributed by atoms with Crippen molar-refractivity contribution in [2.45, 2.75) is 6.42 Å². The molecular weight excluding hydrogens is 278 g/mol. The highest BCUT2D eigenvalue weighted by molar-refractivity contribution is 5.92. The summed E-state index contributed by atoms with van der Waals surface area (Å²) in [5.74, 6) is 2.05. The number of rotatable bonds is 7. The van der Waals surface area contributed by atoms with Crippen LogP contribution in [0.3, 0.4) is 0 Å². The molecule has 5 heteroatoms. The Kier molecular flexibility index (Phi) is 6.11. The number of aliphatic imine (C=N–C) groups is 1. The predicted molar refractivity (Wildman–Crippen MR) is 89.7 cm³/mol. The Morgan fingerprint density at radius 2 is 1.73 bits per heavy atom. The molecule has 0 atom stereocenters. The van der Waals surface area contributed by atoms with Crippen LogP contribution in [-0.4, -0.2) is 26.2 Å². The normalized spacial score (nSPS) is 11.0. The van der Waals surface area contributed by atoms with Gasteiger partial charge in [-0.3, -0.25) is 4.99 Å². The quantitative estimate of drug-likeness (QED) is 0.468. The second-order valence-electron chi connectivity index (χ2n) is 4.64. The summed E-state index contributed by atoms with van der Waals surface area (Å²) < 4.78 is 10.7. The SMILES string of the molecule is COc1ccc(OCCCN=C(N)Nc2ccccc2)cc1. The van der Waals surface area contributed by atoms with Crippen LogP contribution in [0.15, 0.2) is 59.6 Å². The van der Waals surface area contributed by atoms with Crippen LogP contribution < -0.4 is 20.5 Å². The van der Waals surface area contributed by atoms with Gasteiger partial charge in [0, 0.05) is 18.7 Å². The van der Waals surface area contributed by atoms with Crippen LogP contribution in [0, 0.1) is 0 Å². The molecule has 0 radical (unpaired) electrons. The van der Waals surface area contributed by atoms with Gasteiger partial charge in [0.1, 0.15) is 11.5 Å². The summed E-state index contributed by atoms with van der Waals surface area (Å²) in [6, 6.07) is 17.2. The largest absolute Gasteiger partial charge is 0.497 e. The molecule has 2 aromatic carbocycles. The molecule has 2 aromatic rings. The van der Waals surface area contributed by atoms with Gasteiger partial charge in [-0.25, -0.2) is 0 Å². The standard InChI is InChI=1S/C17H21N3O2/c1-21-15-8-10-16(11-9-15)22-13-5-12-19-17(18)20-14-6-3-2-4-7-14/h2-4,6-11H,5,12-13H2,1H3,(H3,18,19,20). The van der Waals surface area contributed by atoms with Crippen molar-refractivity contribution in [1.82, 2.24) is 0 Å². The van der Waals surface area contributed by atoms with Gasteiger partial charge in [-0.05, 0) is 36.4 Å². The summed E-state index contributed by atoms with van der Waals surface area (Å²) in [5, 5.41) is 3.04. The van der Waals surface area contributed by atoms with E-state index in [9.17, 15) is 0 Å². The fraction of sp³-hybridized carbons (Fsp3) is 0.235. The molecule has 0 fully saturated rings. The highest BCUT2D eigenvalue weighted by Crippen LogP contribution is 2.16. The molecule has 116 valence electrons. The third-order valence-electron chi connectivity index (χ3n) is 2.96. The molecule has 0 aromatic heterocycles. The fourth-order valence-corrected chi connectivity index (χ4v) is 1.83. The molecule has 0 heterocycles. The molecule has 0 saturated heterocycles. The van der Waals surface area contributed by atoms with Crippen molar-refractivity contribution in [2.24, 2.45) is 10.7 Å². The third kappa shape index (κ3) is 5.36. The Morgan fingerprint density at radius 3 is 2.41 bits per heavy atom. The first kappa shape index (κ1) is 15.7. The van der Waals surface area contributed by atoms with E-state index in [1.165, 1.54) is 0 Å². The summed E-state index contributed by atoms with van der Waals surface area (Å²) in [5.41, 5.74) is 6.74. The first-order valence-electron chi connectivity index (χ1n) is 7.17. The van der Waals surface area contributed by atoms with E-state index in [-0.39, 0.29) is 0 Å². The van der Waals surface area contributed by atoms with Crippen LogP contribution in [-0.2, 0) is 0 Å². The number of nitrogens with zero attached hydrogens (tertiary/aromatic N) is 1. The average Bonchev–Trinajstić information content (AvgIpc) is 2.56. The van der Waals surface area contributed by atoms with Crippen molar-refractivity contribution >= 4 is 11.6 Å². The number of nitrogens with one attached hydrogen (secondary N) is 1. The molecule has 0 amide bonds. The zero-order valence-electron chi connectivity index (χ0n) is 12.7. The molecule has 0 spiro atoms. The van der Waals surface area contributed by atoms with Crippen molar-refractivity contribution in [3.8, 4) is 11.5 Å². The Labute approximate surface area is 130 Å².